The van der Waals surface area contributed by atoms with Gasteiger partial charge in [-0.05, 0) is 29.8 Å². The van der Waals surface area contributed by atoms with E-state index in [-0.39, 0.29) is 18.6 Å². The third kappa shape index (κ3) is 3.77. The average molecular weight is 390 g/mol. The van der Waals surface area contributed by atoms with Crippen LogP contribution in [-0.2, 0) is 9.53 Å². The number of ether oxygens (including phenoxy) is 1. The van der Waals surface area contributed by atoms with Gasteiger partial charge in [0.25, 0.3) is 5.91 Å². The highest BCUT2D eigenvalue weighted by molar-refractivity contribution is 7.99. The number of pyridine rings is 1. The van der Waals surface area contributed by atoms with Gasteiger partial charge in [0.1, 0.15) is 0 Å². The zero-order valence-corrected chi connectivity index (χ0v) is 15.8. The third-order valence-electron chi connectivity index (χ3n) is 4.51. The number of thioether (sulfide) groups is 1. The van der Waals surface area contributed by atoms with Crippen LogP contribution in [0.3, 0.4) is 0 Å². The van der Waals surface area contributed by atoms with Crippen molar-refractivity contribution >= 4 is 29.3 Å². The molecular formula is C22H18N2O3S. The number of rotatable bonds is 4. The summed E-state index contributed by atoms with van der Waals surface area (Å²) in [6.07, 6.45) is 3.00. The van der Waals surface area contributed by atoms with Gasteiger partial charge in [-0.25, -0.2) is 4.79 Å². The highest BCUT2D eigenvalue weighted by atomic mass is 32.2. The number of nitrogens with zero attached hydrogens (tertiary/aromatic N) is 2. The largest absolute Gasteiger partial charge is 0.452 e. The van der Waals surface area contributed by atoms with Crippen LogP contribution < -0.4 is 4.90 Å². The van der Waals surface area contributed by atoms with Crippen molar-refractivity contribution in [2.75, 3.05) is 17.3 Å². The van der Waals surface area contributed by atoms with Gasteiger partial charge in [0.15, 0.2) is 6.61 Å². The molecule has 2 aromatic carbocycles. The second-order valence-electron chi connectivity index (χ2n) is 6.29. The number of para-hydroxylation sites is 1. The maximum absolute atomic E-state index is 13.1. The summed E-state index contributed by atoms with van der Waals surface area (Å²) < 4.78 is 5.27. The topological polar surface area (TPSA) is 59.5 Å². The van der Waals surface area contributed by atoms with Gasteiger partial charge in [-0.2, -0.15) is 0 Å². The van der Waals surface area contributed by atoms with E-state index in [1.807, 2.05) is 54.6 Å². The molecule has 5 nitrogen and oxygen atoms in total. The van der Waals surface area contributed by atoms with E-state index in [1.165, 1.54) is 6.20 Å². The van der Waals surface area contributed by atoms with E-state index in [2.05, 4.69) is 4.98 Å². The van der Waals surface area contributed by atoms with Crippen LogP contribution >= 0.6 is 11.8 Å². The molecule has 0 bridgehead atoms. The molecule has 1 amide bonds. The molecule has 4 rings (SSSR count). The van der Waals surface area contributed by atoms with E-state index in [0.717, 1.165) is 21.9 Å². The van der Waals surface area contributed by atoms with Gasteiger partial charge in [0, 0.05) is 23.0 Å². The molecule has 1 aromatic heterocycles. The minimum absolute atomic E-state index is 0.120. The molecule has 140 valence electrons. The molecule has 0 unspecified atom stereocenters. The number of hydrogen-bond acceptors (Lipinski definition) is 5. The van der Waals surface area contributed by atoms with Gasteiger partial charge in [0.2, 0.25) is 0 Å². The van der Waals surface area contributed by atoms with E-state index in [1.54, 1.807) is 35.0 Å². The molecule has 1 aliphatic rings. The van der Waals surface area contributed by atoms with Gasteiger partial charge in [-0.3, -0.25) is 14.7 Å². The second kappa shape index (κ2) is 8.27. The van der Waals surface area contributed by atoms with Gasteiger partial charge in [-0.1, -0.05) is 42.5 Å². The first-order chi connectivity index (χ1) is 13.7. The SMILES string of the molecule is O=C(OCC(=O)N1c2ccccc2SC[C@H]1c1ccccc1)c1cccnc1. The molecule has 0 spiro atoms. The number of carbonyl (C=O) groups excluding carboxylic acids is 2. The molecule has 6 heteroatoms. The van der Waals surface area contributed by atoms with E-state index in [0.29, 0.717) is 5.56 Å². The molecule has 1 atom stereocenters. The van der Waals surface area contributed by atoms with Gasteiger partial charge in [-0.15, -0.1) is 11.8 Å². The number of carbonyl (C=O) groups is 2. The van der Waals surface area contributed by atoms with Crippen LogP contribution in [0.15, 0.2) is 84.0 Å². The van der Waals surface area contributed by atoms with Crippen molar-refractivity contribution in [3.63, 3.8) is 0 Å². The van der Waals surface area contributed by atoms with Crippen molar-refractivity contribution in [2.45, 2.75) is 10.9 Å². The summed E-state index contributed by atoms with van der Waals surface area (Å²) in [5, 5.41) is 0. The van der Waals surface area contributed by atoms with Gasteiger partial charge >= 0.3 is 5.97 Å². The summed E-state index contributed by atoms with van der Waals surface area (Å²) in [6.45, 7) is -0.323. The van der Waals surface area contributed by atoms with Crippen molar-refractivity contribution in [3.05, 3.63) is 90.3 Å². The fraction of sp³-hybridized carbons (Fsp3) is 0.136. The molecule has 0 radical (unpaired) electrons. The number of esters is 1. The van der Waals surface area contributed by atoms with E-state index < -0.39 is 5.97 Å². The Bertz CT molecular complexity index is 979. The monoisotopic (exact) mass is 390 g/mol. The van der Waals surface area contributed by atoms with Crippen LogP contribution in [0.2, 0.25) is 0 Å². The zero-order valence-electron chi connectivity index (χ0n) is 15.0. The molecule has 2 heterocycles. The first-order valence-corrected chi connectivity index (χ1v) is 9.88. The number of hydrogen-bond donors (Lipinski definition) is 0. The van der Waals surface area contributed by atoms with Gasteiger partial charge < -0.3 is 4.74 Å². The Morgan fingerprint density at radius 3 is 2.61 bits per heavy atom. The lowest BCUT2D eigenvalue weighted by Gasteiger charge is -2.37. The van der Waals surface area contributed by atoms with Crippen LogP contribution in [0, 0.1) is 0 Å². The van der Waals surface area contributed by atoms with Crippen LogP contribution in [0.25, 0.3) is 0 Å². The maximum atomic E-state index is 13.1. The molecule has 0 saturated heterocycles. The number of aromatic nitrogens is 1. The number of amides is 1. The van der Waals surface area contributed by atoms with Crippen molar-refractivity contribution in [3.8, 4) is 0 Å². The molecule has 0 aliphatic carbocycles. The molecule has 3 aromatic rings. The molecular weight excluding hydrogens is 372 g/mol. The molecule has 0 N–H and O–H groups in total. The first kappa shape index (κ1) is 18.3. The quantitative estimate of drug-likeness (QED) is 0.627. The third-order valence-corrected chi connectivity index (χ3v) is 5.65. The normalized spacial score (nSPS) is 15.6. The number of benzene rings is 2. The van der Waals surface area contributed by atoms with Crippen LogP contribution in [0.1, 0.15) is 22.0 Å². The Hall–Kier alpha value is -3.12. The number of fused-ring (bicyclic) bond motifs is 1. The molecule has 0 fully saturated rings. The Morgan fingerprint density at radius 2 is 1.82 bits per heavy atom. The lowest BCUT2D eigenvalue weighted by Crippen LogP contribution is -2.41. The Labute approximate surface area is 167 Å². The van der Waals surface area contributed by atoms with E-state index in [9.17, 15) is 9.59 Å². The van der Waals surface area contributed by atoms with Crippen molar-refractivity contribution in [1.82, 2.24) is 4.98 Å². The fourth-order valence-corrected chi connectivity index (χ4v) is 4.35. The minimum atomic E-state index is -0.558. The summed E-state index contributed by atoms with van der Waals surface area (Å²) in [6, 6.07) is 20.9. The highest BCUT2D eigenvalue weighted by Gasteiger charge is 2.32. The second-order valence-corrected chi connectivity index (χ2v) is 7.35. The highest BCUT2D eigenvalue weighted by Crippen LogP contribution is 2.43. The Kier molecular flexibility index (Phi) is 5.39. The summed E-state index contributed by atoms with van der Waals surface area (Å²) >= 11 is 1.72. The predicted molar refractivity (Wildman–Crippen MR) is 108 cm³/mol. The summed E-state index contributed by atoms with van der Waals surface area (Å²) in [4.78, 5) is 32.0. The fourth-order valence-electron chi connectivity index (χ4n) is 3.18. The molecule has 28 heavy (non-hydrogen) atoms. The number of anilines is 1. The standard InChI is InChI=1S/C22H18N2O3S/c25-21(14-27-22(26)17-9-6-12-23-13-17)24-18-10-4-5-11-20(18)28-15-19(24)16-7-2-1-3-8-16/h1-13,19H,14-15H2/t19-/m0/s1. The average Bonchev–Trinajstić information content (AvgIpc) is 2.77. The smallest absolute Gasteiger partial charge is 0.340 e. The van der Waals surface area contributed by atoms with Gasteiger partial charge in [0.05, 0.1) is 17.3 Å². The van der Waals surface area contributed by atoms with E-state index in [4.69, 9.17) is 4.74 Å². The Balaban J connectivity index is 1.58. The first-order valence-electron chi connectivity index (χ1n) is 8.90. The lowest BCUT2D eigenvalue weighted by atomic mass is 10.1. The van der Waals surface area contributed by atoms with Crippen LogP contribution in [0.5, 0.6) is 0 Å². The summed E-state index contributed by atoms with van der Waals surface area (Å²) in [5.41, 5.74) is 2.22. The maximum Gasteiger partial charge on any atom is 0.340 e. The van der Waals surface area contributed by atoms with Crippen molar-refractivity contribution < 1.29 is 14.3 Å². The van der Waals surface area contributed by atoms with Crippen molar-refractivity contribution in [2.24, 2.45) is 0 Å². The zero-order chi connectivity index (χ0) is 19.3. The Morgan fingerprint density at radius 1 is 1.04 bits per heavy atom. The molecule has 1 aliphatic heterocycles. The lowest BCUT2D eigenvalue weighted by molar-refractivity contribution is -0.122. The van der Waals surface area contributed by atoms with Crippen molar-refractivity contribution in [1.29, 1.82) is 0 Å². The van der Waals surface area contributed by atoms with Crippen LogP contribution in [-0.4, -0.2) is 29.2 Å². The molecule has 0 saturated carbocycles. The predicted octanol–water partition coefficient (Wildman–Crippen LogP) is 4.12. The van der Waals surface area contributed by atoms with E-state index >= 15 is 0 Å². The summed E-state index contributed by atoms with van der Waals surface area (Å²) in [5.74, 6) is -0.0696. The summed E-state index contributed by atoms with van der Waals surface area (Å²) in [7, 11) is 0. The van der Waals surface area contributed by atoms with Crippen LogP contribution in [0.4, 0.5) is 5.69 Å². The minimum Gasteiger partial charge on any atom is -0.452 e.